The summed E-state index contributed by atoms with van der Waals surface area (Å²) in [6.07, 6.45) is 5.32. The van der Waals surface area contributed by atoms with E-state index in [0.29, 0.717) is 11.6 Å². The number of thioether (sulfide) groups is 1. The van der Waals surface area contributed by atoms with Crippen molar-refractivity contribution in [1.82, 2.24) is 15.6 Å². The van der Waals surface area contributed by atoms with Gasteiger partial charge in [0.25, 0.3) is 0 Å². The standard InChI is InChI=1S/C21H36N4O3S/c1-20(2,3)12-15(22-17(27)14-10-8-7-9-11-14)16(26)18(28)23-24-19-25(6)21(4,5)13-29-19/h14-15H,7-13H2,1-6H3,(H,22,27)(H,23,28)/b24-19-. The lowest BCUT2D eigenvalue weighted by molar-refractivity contribution is -0.141. The van der Waals surface area contributed by atoms with Crippen LogP contribution in [0.2, 0.25) is 0 Å². The molecule has 0 aromatic carbocycles. The molecule has 1 heterocycles. The molecule has 1 atom stereocenters. The van der Waals surface area contributed by atoms with Crippen molar-refractivity contribution < 1.29 is 14.4 Å². The van der Waals surface area contributed by atoms with Crippen LogP contribution >= 0.6 is 11.8 Å². The van der Waals surface area contributed by atoms with Crippen molar-refractivity contribution >= 4 is 34.5 Å². The number of amides is 2. The van der Waals surface area contributed by atoms with E-state index in [1.54, 1.807) is 0 Å². The van der Waals surface area contributed by atoms with Crippen LogP contribution in [0.15, 0.2) is 5.10 Å². The molecular formula is C21H36N4O3S. The number of amidine groups is 1. The molecule has 1 aliphatic heterocycles. The van der Waals surface area contributed by atoms with Crippen molar-refractivity contribution in [3.05, 3.63) is 0 Å². The molecule has 0 aromatic rings. The van der Waals surface area contributed by atoms with Crippen molar-refractivity contribution in [3.8, 4) is 0 Å². The lowest BCUT2D eigenvalue weighted by Crippen LogP contribution is -2.50. The summed E-state index contributed by atoms with van der Waals surface area (Å²) in [5.74, 6) is -0.740. The van der Waals surface area contributed by atoms with Crippen LogP contribution in [-0.2, 0) is 14.4 Å². The minimum atomic E-state index is -0.838. The molecule has 2 fully saturated rings. The van der Waals surface area contributed by atoms with Gasteiger partial charge in [0.2, 0.25) is 11.7 Å². The number of hydrogen-bond acceptors (Lipinski definition) is 5. The van der Waals surface area contributed by atoms with Crippen LogP contribution in [0.1, 0.15) is 73.1 Å². The Kier molecular flexibility index (Phi) is 7.76. The van der Waals surface area contributed by atoms with Gasteiger partial charge in [-0.05, 0) is 38.5 Å². The molecule has 0 spiro atoms. The van der Waals surface area contributed by atoms with E-state index in [4.69, 9.17) is 0 Å². The van der Waals surface area contributed by atoms with E-state index in [0.717, 1.165) is 37.9 Å². The minimum Gasteiger partial charge on any atom is -0.347 e. The average Bonchev–Trinajstić information content (AvgIpc) is 2.91. The lowest BCUT2D eigenvalue weighted by atomic mass is 9.85. The Morgan fingerprint density at radius 2 is 1.83 bits per heavy atom. The Balaban J connectivity index is 2.04. The van der Waals surface area contributed by atoms with E-state index in [1.165, 1.54) is 11.8 Å². The van der Waals surface area contributed by atoms with E-state index in [1.807, 2.05) is 32.7 Å². The van der Waals surface area contributed by atoms with Gasteiger partial charge < -0.3 is 10.2 Å². The van der Waals surface area contributed by atoms with Gasteiger partial charge in [-0.25, -0.2) is 5.43 Å². The van der Waals surface area contributed by atoms with Crippen LogP contribution in [0.4, 0.5) is 0 Å². The second kappa shape index (κ2) is 9.49. The van der Waals surface area contributed by atoms with E-state index in [-0.39, 0.29) is 22.8 Å². The third kappa shape index (κ3) is 6.73. The van der Waals surface area contributed by atoms with Crippen LogP contribution in [0, 0.1) is 11.3 Å². The predicted molar refractivity (Wildman–Crippen MR) is 117 cm³/mol. The van der Waals surface area contributed by atoms with Crippen LogP contribution in [0.5, 0.6) is 0 Å². The predicted octanol–water partition coefficient (Wildman–Crippen LogP) is 2.90. The van der Waals surface area contributed by atoms with Gasteiger partial charge in [-0.15, -0.1) is 5.10 Å². The summed E-state index contributed by atoms with van der Waals surface area (Å²) < 4.78 is 0. The van der Waals surface area contributed by atoms with Gasteiger partial charge in [-0.2, -0.15) is 0 Å². The van der Waals surface area contributed by atoms with Crippen molar-refractivity contribution in [1.29, 1.82) is 0 Å². The highest BCUT2D eigenvalue weighted by Gasteiger charge is 2.36. The number of carbonyl (C=O) groups excluding carboxylic acids is 3. The highest BCUT2D eigenvalue weighted by Crippen LogP contribution is 2.30. The maximum Gasteiger partial charge on any atom is 0.309 e. The van der Waals surface area contributed by atoms with E-state index < -0.39 is 17.7 Å². The molecule has 7 nitrogen and oxygen atoms in total. The molecule has 0 bridgehead atoms. The summed E-state index contributed by atoms with van der Waals surface area (Å²) >= 11 is 1.54. The number of hydrazone groups is 1. The van der Waals surface area contributed by atoms with E-state index >= 15 is 0 Å². The maximum atomic E-state index is 12.8. The third-order valence-electron chi connectivity index (χ3n) is 5.65. The Hall–Kier alpha value is -1.57. The largest absolute Gasteiger partial charge is 0.347 e. The number of carbonyl (C=O) groups is 3. The zero-order chi connectivity index (χ0) is 21.8. The highest BCUT2D eigenvalue weighted by molar-refractivity contribution is 8.14. The van der Waals surface area contributed by atoms with E-state index in [9.17, 15) is 14.4 Å². The number of Topliss-reactive ketones (excluding diaryl/α,β-unsaturated/α-hetero) is 1. The fraction of sp³-hybridized carbons (Fsp3) is 0.810. The summed E-state index contributed by atoms with van der Waals surface area (Å²) in [4.78, 5) is 40.0. The normalized spacial score (nSPS) is 22.4. The number of hydrogen-bond donors (Lipinski definition) is 2. The summed E-state index contributed by atoms with van der Waals surface area (Å²) in [5, 5.41) is 7.68. The molecule has 1 saturated carbocycles. The van der Waals surface area contributed by atoms with Gasteiger partial charge in [-0.3, -0.25) is 14.4 Å². The van der Waals surface area contributed by atoms with Gasteiger partial charge in [0.1, 0.15) is 0 Å². The first-order valence-corrected chi connectivity index (χ1v) is 11.5. The number of rotatable bonds is 6. The Labute approximate surface area is 178 Å². The highest BCUT2D eigenvalue weighted by atomic mass is 32.2. The molecule has 2 N–H and O–H groups in total. The zero-order valence-electron chi connectivity index (χ0n) is 18.6. The number of nitrogens with zero attached hydrogens (tertiary/aromatic N) is 2. The van der Waals surface area contributed by atoms with Crippen LogP contribution < -0.4 is 10.7 Å². The number of nitrogens with one attached hydrogen (secondary N) is 2. The minimum absolute atomic E-state index is 0.0546. The van der Waals surface area contributed by atoms with Crippen molar-refractivity contribution in [2.75, 3.05) is 12.8 Å². The third-order valence-corrected chi connectivity index (χ3v) is 7.13. The average molecular weight is 425 g/mol. The summed E-state index contributed by atoms with van der Waals surface area (Å²) in [5.41, 5.74) is 2.13. The molecule has 2 aliphatic rings. The number of ketones is 1. The molecule has 2 rings (SSSR count). The second-order valence-corrected chi connectivity index (χ2v) is 11.0. The Bertz CT molecular complexity index is 663. The zero-order valence-corrected chi connectivity index (χ0v) is 19.4. The SMILES string of the molecule is CN1/C(=N/NC(=O)C(=O)C(CC(C)(C)C)NC(=O)C2CCCCC2)SCC1(C)C. The molecule has 1 saturated heterocycles. The topological polar surface area (TPSA) is 90.9 Å². The summed E-state index contributed by atoms with van der Waals surface area (Å²) in [6, 6.07) is -0.838. The first-order chi connectivity index (χ1) is 13.4. The second-order valence-electron chi connectivity index (χ2n) is 10.0. The monoisotopic (exact) mass is 424 g/mol. The van der Waals surface area contributed by atoms with Gasteiger partial charge >= 0.3 is 5.91 Å². The molecule has 0 aromatic heterocycles. The molecule has 1 aliphatic carbocycles. The lowest BCUT2D eigenvalue weighted by Gasteiger charge is -2.28. The fourth-order valence-electron chi connectivity index (χ4n) is 3.59. The fourth-order valence-corrected chi connectivity index (χ4v) is 4.82. The van der Waals surface area contributed by atoms with Crippen molar-refractivity contribution in [3.63, 3.8) is 0 Å². The van der Waals surface area contributed by atoms with Crippen LogP contribution in [0.25, 0.3) is 0 Å². The van der Waals surface area contributed by atoms with Crippen LogP contribution in [-0.4, -0.2) is 52.0 Å². The summed E-state index contributed by atoms with van der Waals surface area (Å²) in [7, 11) is 1.92. The van der Waals surface area contributed by atoms with Gasteiger partial charge in [-0.1, -0.05) is 51.8 Å². The maximum absolute atomic E-state index is 12.8. The Morgan fingerprint density at radius 3 is 2.34 bits per heavy atom. The molecular weight excluding hydrogens is 388 g/mol. The van der Waals surface area contributed by atoms with Gasteiger partial charge in [0, 0.05) is 24.3 Å². The van der Waals surface area contributed by atoms with E-state index in [2.05, 4.69) is 29.7 Å². The first-order valence-electron chi connectivity index (χ1n) is 10.5. The molecule has 29 heavy (non-hydrogen) atoms. The van der Waals surface area contributed by atoms with Crippen molar-refractivity contribution in [2.45, 2.75) is 84.7 Å². The molecule has 2 amide bonds. The molecule has 1 unspecified atom stereocenters. The Morgan fingerprint density at radius 1 is 1.21 bits per heavy atom. The molecule has 0 radical (unpaired) electrons. The van der Waals surface area contributed by atoms with Crippen molar-refractivity contribution in [2.24, 2.45) is 16.4 Å². The van der Waals surface area contributed by atoms with Gasteiger partial charge in [0.15, 0.2) is 5.17 Å². The van der Waals surface area contributed by atoms with Gasteiger partial charge in [0.05, 0.1) is 6.04 Å². The quantitative estimate of drug-likeness (QED) is 0.505. The molecule has 8 heteroatoms. The molecule has 164 valence electrons. The summed E-state index contributed by atoms with van der Waals surface area (Å²) in [6.45, 7) is 10.2. The van der Waals surface area contributed by atoms with Crippen LogP contribution in [0.3, 0.4) is 0 Å². The smallest absolute Gasteiger partial charge is 0.309 e. The first kappa shape index (κ1) is 23.7.